The number of hydrogen-bond acceptors (Lipinski definition) is 6. The fourth-order valence-corrected chi connectivity index (χ4v) is 3.18. The number of piperidine rings is 1. The second-order valence-electron chi connectivity index (χ2n) is 5.62. The first-order chi connectivity index (χ1) is 10.7. The first-order valence-corrected chi connectivity index (χ1v) is 8.27. The van der Waals surface area contributed by atoms with Gasteiger partial charge in [0.1, 0.15) is 5.82 Å². The lowest BCUT2D eigenvalue weighted by Crippen LogP contribution is -2.40. The molecule has 0 radical (unpaired) electrons. The Morgan fingerprint density at radius 2 is 2.41 bits per heavy atom. The molecule has 1 amide bonds. The molecule has 0 spiro atoms. The molecule has 0 aromatic carbocycles. The number of carbonyl (C=O) groups excluding carboxylic acids is 1. The van der Waals surface area contributed by atoms with Gasteiger partial charge in [0.25, 0.3) is 0 Å². The van der Waals surface area contributed by atoms with Gasteiger partial charge in [-0.3, -0.25) is 9.69 Å². The summed E-state index contributed by atoms with van der Waals surface area (Å²) in [7, 11) is 0. The van der Waals surface area contributed by atoms with E-state index in [4.69, 9.17) is 0 Å². The molecule has 6 nitrogen and oxygen atoms in total. The zero-order chi connectivity index (χ0) is 15.4. The minimum atomic E-state index is 0.00246. The average molecular weight is 317 g/mol. The Bertz CT molecular complexity index is 631. The van der Waals surface area contributed by atoms with E-state index >= 15 is 0 Å². The van der Waals surface area contributed by atoms with Gasteiger partial charge in [0.2, 0.25) is 5.91 Å². The molecule has 3 heterocycles. The summed E-state index contributed by atoms with van der Waals surface area (Å²) in [6.45, 7) is 4.45. The van der Waals surface area contributed by atoms with Gasteiger partial charge in [-0.15, -0.1) is 5.10 Å². The normalized spacial score (nSPS) is 19.0. The first kappa shape index (κ1) is 15.1. The van der Waals surface area contributed by atoms with Gasteiger partial charge in [-0.1, -0.05) is 10.6 Å². The van der Waals surface area contributed by atoms with E-state index < -0.39 is 0 Å². The number of carbonyl (C=O) groups is 1. The Morgan fingerprint density at radius 1 is 1.50 bits per heavy atom. The van der Waals surface area contributed by atoms with Crippen LogP contribution < -0.4 is 5.32 Å². The highest BCUT2D eigenvalue weighted by molar-refractivity contribution is 7.03. The van der Waals surface area contributed by atoms with Crippen molar-refractivity contribution in [3.05, 3.63) is 35.0 Å². The highest BCUT2D eigenvalue weighted by atomic mass is 32.1. The monoisotopic (exact) mass is 317 g/mol. The molecule has 116 valence electrons. The van der Waals surface area contributed by atoms with Crippen molar-refractivity contribution in [2.75, 3.05) is 18.4 Å². The summed E-state index contributed by atoms with van der Waals surface area (Å²) in [5.41, 5.74) is 1.88. The van der Waals surface area contributed by atoms with Crippen LogP contribution in [0, 0.1) is 12.8 Å². The molecular formula is C15H19N5OS. The maximum absolute atomic E-state index is 12.4. The number of anilines is 1. The van der Waals surface area contributed by atoms with Crippen LogP contribution in [-0.2, 0) is 11.3 Å². The van der Waals surface area contributed by atoms with Gasteiger partial charge < -0.3 is 5.32 Å². The Balaban J connectivity index is 1.58. The molecule has 2 aromatic rings. The number of nitrogens with zero attached hydrogens (tertiary/aromatic N) is 4. The number of nitrogens with one attached hydrogen (secondary N) is 1. The van der Waals surface area contributed by atoms with E-state index in [1.807, 2.05) is 30.5 Å². The van der Waals surface area contributed by atoms with Crippen molar-refractivity contribution in [1.29, 1.82) is 0 Å². The van der Waals surface area contributed by atoms with E-state index in [9.17, 15) is 4.79 Å². The molecule has 0 bridgehead atoms. The summed E-state index contributed by atoms with van der Waals surface area (Å²) in [4.78, 5) is 19.0. The van der Waals surface area contributed by atoms with Gasteiger partial charge in [0, 0.05) is 24.2 Å². The molecule has 1 N–H and O–H groups in total. The van der Waals surface area contributed by atoms with E-state index in [1.54, 1.807) is 0 Å². The quantitative estimate of drug-likeness (QED) is 0.935. The van der Waals surface area contributed by atoms with E-state index in [0.29, 0.717) is 5.82 Å². The molecule has 2 aromatic heterocycles. The topological polar surface area (TPSA) is 71.0 Å². The third-order valence-corrected chi connectivity index (χ3v) is 4.36. The van der Waals surface area contributed by atoms with Crippen LogP contribution in [0.3, 0.4) is 0 Å². The van der Waals surface area contributed by atoms with Gasteiger partial charge in [-0.2, -0.15) is 0 Å². The minimum absolute atomic E-state index is 0.00246. The summed E-state index contributed by atoms with van der Waals surface area (Å²) < 4.78 is 3.88. The van der Waals surface area contributed by atoms with E-state index in [-0.39, 0.29) is 11.8 Å². The van der Waals surface area contributed by atoms with E-state index in [1.165, 1.54) is 11.5 Å². The molecule has 1 aliphatic heterocycles. The molecule has 1 saturated heterocycles. The third kappa shape index (κ3) is 3.86. The number of aryl methyl sites for hydroxylation is 1. The molecule has 22 heavy (non-hydrogen) atoms. The van der Waals surface area contributed by atoms with Crippen LogP contribution >= 0.6 is 11.5 Å². The summed E-state index contributed by atoms with van der Waals surface area (Å²) in [6.07, 6.45) is 1.94. The lowest BCUT2D eigenvalue weighted by molar-refractivity contribution is -0.121. The molecule has 0 saturated carbocycles. The van der Waals surface area contributed by atoms with Crippen LogP contribution in [0.1, 0.15) is 24.2 Å². The zero-order valence-corrected chi connectivity index (χ0v) is 13.3. The fraction of sp³-hybridized carbons (Fsp3) is 0.467. The predicted molar refractivity (Wildman–Crippen MR) is 85.5 cm³/mol. The number of amides is 1. The van der Waals surface area contributed by atoms with Crippen molar-refractivity contribution in [2.45, 2.75) is 26.3 Å². The number of rotatable bonds is 4. The van der Waals surface area contributed by atoms with Gasteiger partial charge in [-0.05, 0) is 50.0 Å². The van der Waals surface area contributed by atoms with Gasteiger partial charge in [-0.25, -0.2) is 4.98 Å². The van der Waals surface area contributed by atoms with Crippen LogP contribution in [0.4, 0.5) is 5.82 Å². The third-order valence-electron chi connectivity index (χ3n) is 3.81. The largest absolute Gasteiger partial charge is 0.310 e. The van der Waals surface area contributed by atoms with Crippen LogP contribution in [0.15, 0.2) is 23.6 Å². The van der Waals surface area contributed by atoms with Crippen LogP contribution in [-0.4, -0.2) is 38.5 Å². The highest BCUT2D eigenvalue weighted by Gasteiger charge is 2.26. The second-order valence-corrected chi connectivity index (χ2v) is 6.23. The Labute approximate surface area is 133 Å². The van der Waals surface area contributed by atoms with Crippen molar-refractivity contribution < 1.29 is 4.79 Å². The molecule has 0 aliphatic carbocycles. The molecule has 7 heteroatoms. The van der Waals surface area contributed by atoms with Crippen molar-refractivity contribution in [3.63, 3.8) is 0 Å². The number of aromatic nitrogens is 3. The van der Waals surface area contributed by atoms with Gasteiger partial charge in [0.15, 0.2) is 0 Å². The van der Waals surface area contributed by atoms with E-state index in [0.717, 1.165) is 43.9 Å². The fourth-order valence-electron chi connectivity index (χ4n) is 2.74. The van der Waals surface area contributed by atoms with Crippen molar-refractivity contribution in [3.8, 4) is 0 Å². The molecular weight excluding hydrogens is 298 g/mol. The van der Waals surface area contributed by atoms with E-state index in [2.05, 4.69) is 24.8 Å². The van der Waals surface area contributed by atoms with Crippen molar-refractivity contribution >= 4 is 23.3 Å². The SMILES string of the molecule is Cc1cccc(NC(=O)C2CCCN(Cc3csnn3)C2)n1. The van der Waals surface area contributed by atoms with Gasteiger partial charge in [0.05, 0.1) is 11.6 Å². The standard InChI is InChI=1S/C15H19N5OS/c1-11-4-2-6-14(16-11)17-15(21)12-5-3-7-20(8-12)9-13-10-22-19-18-13/h2,4,6,10,12H,3,5,7-9H2,1H3,(H,16,17,21). The maximum atomic E-state index is 12.4. The summed E-state index contributed by atoms with van der Waals surface area (Å²) >= 11 is 1.36. The zero-order valence-electron chi connectivity index (χ0n) is 12.5. The predicted octanol–water partition coefficient (Wildman–Crippen LogP) is 2.09. The maximum Gasteiger partial charge on any atom is 0.229 e. The number of likely N-dealkylation sites (tertiary alicyclic amines) is 1. The molecule has 1 aliphatic rings. The van der Waals surface area contributed by atoms with Crippen LogP contribution in [0.25, 0.3) is 0 Å². The number of hydrogen-bond donors (Lipinski definition) is 1. The minimum Gasteiger partial charge on any atom is -0.310 e. The summed E-state index contributed by atoms with van der Waals surface area (Å²) in [5.74, 6) is 0.688. The molecule has 1 fully saturated rings. The summed E-state index contributed by atoms with van der Waals surface area (Å²) in [6, 6.07) is 5.65. The average Bonchev–Trinajstić information content (AvgIpc) is 3.00. The smallest absolute Gasteiger partial charge is 0.229 e. The first-order valence-electron chi connectivity index (χ1n) is 7.43. The highest BCUT2D eigenvalue weighted by Crippen LogP contribution is 2.20. The molecule has 1 atom stereocenters. The van der Waals surface area contributed by atoms with Crippen molar-refractivity contribution in [1.82, 2.24) is 19.5 Å². The van der Waals surface area contributed by atoms with Gasteiger partial charge >= 0.3 is 0 Å². The number of pyridine rings is 1. The summed E-state index contributed by atoms with van der Waals surface area (Å²) in [5, 5.41) is 8.96. The Hall–Kier alpha value is -1.86. The second kappa shape index (κ2) is 6.93. The molecule has 1 unspecified atom stereocenters. The lowest BCUT2D eigenvalue weighted by atomic mass is 9.97. The van der Waals surface area contributed by atoms with Crippen molar-refractivity contribution in [2.24, 2.45) is 5.92 Å². The van der Waals surface area contributed by atoms with Crippen LogP contribution in [0.5, 0.6) is 0 Å². The Morgan fingerprint density at radius 3 is 3.18 bits per heavy atom. The Kier molecular flexibility index (Phi) is 4.74. The van der Waals surface area contributed by atoms with Crippen LogP contribution in [0.2, 0.25) is 0 Å². The molecule has 3 rings (SSSR count). The lowest BCUT2D eigenvalue weighted by Gasteiger charge is -2.31.